The number of nitrogens with two attached hydrogens (primary N) is 2. The van der Waals surface area contributed by atoms with Gasteiger partial charge in [-0.3, -0.25) is 4.79 Å². The summed E-state index contributed by atoms with van der Waals surface area (Å²) in [6.45, 7) is 3.51. The number of amides is 1. The molecule has 0 radical (unpaired) electrons. The lowest BCUT2D eigenvalue weighted by atomic mass is 10.2. The highest BCUT2D eigenvalue weighted by atomic mass is 16.5. The van der Waals surface area contributed by atoms with Gasteiger partial charge in [0, 0.05) is 6.54 Å². The fourth-order valence-electron chi connectivity index (χ4n) is 1.47. The summed E-state index contributed by atoms with van der Waals surface area (Å²) in [6.07, 6.45) is 0.929. The average molecular weight is 267 g/mol. The number of carbonyl (C=O) groups is 1. The fraction of sp³-hybridized carbons (Fsp3) is 0.462. The van der Waals surface area contributed by atoms with Crippen molar-refractivity contribution in [3.05, 3.63) is 18.2 Å². The molecule has 0 atom stereocenters. The maximum absolute atomic E-state index is 10.5. The van der Waals surface area contributed by atoms with Gasteiger partial charge in [0.15, 0.2) is 0 Å². The first-order valence-corrected chi connectivity index (χ1v) is 6.26. The Morgan fingerprint density at radius 2 is 2.16 bits per heavy atom. The number of nitrogens with one attached hydrogen (secondary N) is 1. The first kappa shape index (κ1) is 15.1. The molecule has 106 valence electrons. The summed E-state index contributed by atoms with van der Waals surface area (Å²) >= 11 is 0. The van der Waals surface area contributed by atoms with Crippen LogP contribution in [-0.4, -0.2) is 32.3 Å². The molecule has 0 spiro atoms. The number of hydrogen-bond acceptors (Lipinski definition) is 5. The molecule has 1 rings (SSSR count). The van der Waals surface area contributed by atoms with Crippen LogP contribution in [0.2, 0.25) is 0 Å². The predicted octanol–water partition coefficient (Wildman–Crippen LogP) is 0.971. The van der Waals surface area contributed by atoms with Gasteiger partial charge in [-0.1, -0.05) is 13.0 Å². The topological polar surface area (TPSA) is 99.6 Å². The molecule has 0 aliphatic heterocycles. The Hall–Kier alpha value is -1.95. The van der Waals surface area contributed by atoms with Crippen molar-refractivity contribution < 1.29 is 14.3 Å². The molecule has 0 saturated heterocycles. The molecule has 1 amide bonds. The molecule has 1 aromatic rings. The summed E-state index contributed by atoms with van der Waals surface area (Å²) in [7, 11) is 0. The van der Waals surface area contributed by atoms with Crippen LogP contribution >= 0.6 is 0 Å². The summed E-state index contributed by atoms with van der Waals surface area (Å²) < 4.78 is 10.6. The Labute approximate surface area is 113 Å². The van der Waals surface area contributed by atoms with Gasteiger partial charge < -0.3 is 26.3 Å². The van der Waals surface area contributed by atoms with E-state index in [1.807, 2.05) is 25.1 Å². The van der Waals surface area contributed by atoms with Crippen LogP contribution < -0.4 is 21.5 Å². The number of rotatable bonds is 9. The van der Waals surface area contributed by atoms with Crippen LogP contribution in [0.15, 0.2) is 18.2 Å². The maximum Gasteiger partial charge on any atom is 0.243 e. The molecular weight excluding hydrogens is 246 g/mol. The molecule has 6 heteroatoms. The van der Waals surface area contributed by atoms with Gasteiger partial charge in [0.1, 0.15) is 12.4 Å². The van der Waals surface area contributed by atoms with Gasteiger partial charge in [-0.05, 0) is 18.6 Å². The van der Waals surface area contributed by atoms with Crippen molar-refractivity contribution in [2.24, 2.45) is 5.73 Å². The van der Waals surface area contributed by atoms with Crippen molar-refractivity contribution in [3.63, 3.8) is 0 Å². The van der Waals surface area contributed by atoms with E-state index >= 15 is 0 Å². The van der Waals surface area contributed by atoms with Crippen molar-refractivity contribution >= 4 is 17.3 Å². The van der Waals surface area contributed by atoms with E-state index in [2.05, 4.69) is 5.32 Å². The third-order valence-electron chi connectivity index (χ3n) is 2.33. The summed E-state index contributed by atoms with van der Waals surface area (Å²) in [5, 5.41) is 3.12. The molecule has 6 nitrogen and oxygen atoms in total. The Bertz CT molecular complexity index is 410. The van der Waals surface area contributed by atoms with Crippen molar-refractivity contribution in [1.29, 1.82) is 0 Å². The second-order valence-corrected chi connectivity index (χ2v) is 4.01. The van der Waals surface area contributed by atoms with E-state index in [-0.39, 0.29) is 6.61 Å². The van der Waals surface area contributed by atoms with E-state index in [4.69, 9.17) is 20.9 Å². The molecular formula is C13H21N3O3. The standard InChI is InChI=1S/C13H21N3O3/c1-2-7-19-11-5-3-4-10(13(11)15)16-6-8-18-9-12(14)17/h3-5,16H,2,6-9,15H2,1H3,(H2,14,17). The van der Waals surface area contributed by atoms with Gasteiger partial charge in [-0.15, -0.1) is 0 Å². The van der Waals surface area contributed by atoms with E-state index in [0.29, 0.717) is 31.2 Å². The van der Waals surface area contributed by atoms with Crippen molar-refractivity contribution in [3.8, 4) is 5.75 Å². The highest BCUT2D eigenvalue weighted by molar-refractivity contribution is 5.75. The molecule has 19 heavy (non-hydrogen) atoms. The van der Waals surface area contributed by atoms with Crippen LogP contribution in [0.1, 0.15) is 13.3 Å². The lowest BCUT2D eigenvalue weighted by Gasteiger charge is -2.13. The third kappa shape index (κ3) is 5.48. The fourth-order valence-corrected chi connectivity index (χ4v) is 1.47. The molecule has 0 unspecified atom stereocenters. The zero-order valence-electron chi connectivity index (χ0n) is 11.1. The van der Waals surface area contributed by atoms with Crippen LogP contribution in [-0.2, 0) is 9.53 Å². The van der Waals surface area contributed by atoms with Crippen molar-refractivity contribution in [1.82, 2.24) is 0 Å². The van der Waals surface area contributed by atoms with Crippen molar-refractivity contribution in [2.75, 3.05) is 37.4 Å². The maximum atomic E-state index is 10.5. The molecule has 5 N–H and O–H groups in total. The van der Waals surface area contributed by atoms with Crippen LogP contribution in [0.25, 0.3) is 0 Å². The van der Waals surface area contributed by atoms with E-state index < -0.39 is 5.91 Å². The predicted molar refractivity (Wildman–Crippen MR) is 75.1 cm³/mol. The van der Waals surface area contributed by atoms with Gasteiger partial charge in [0.2, 0.25) is 5.91 Å². The van der Waals surface area contributed by atoms with Crippen LogP contribution in [0.5, 0.6) is 5.75 Å². The Balaban J connectivity index is 2.42. The SMILES string of the molecule is CCCOc1cccc(NCCOCC(N)=O)c1N. The number of anilines is 2. The molecule has 0 bridgehead atoms. The molecule has 0 fully saturated rings. The van der Waals surface area contributed by atoms with Gasteiger partial charge in [-0.25, -0.2) is 0 Å². The zero-order valence-corrected chi connectivity index (χ0v) is 11.1. The van der Waals surface area contributed by atoms with Gasteiger partial charge in [0.05, 0.1) is 24.6 Å². The van der Waals surface area contributed by atoms with E-state index in [0.717, 1.165) is 12.1 Å². The highest BCUT2D eigenvalue weighted by Gasteiger charge is 2.05. The minimum absolute atomic E-state index is 0.0726. The number of ether oxygens (including phenoxy) is 2. The number of para-hydroxylation sites is 1. The number of hydrogen-bond donors (Lipinski definition) is 3. The minimum atomic E-state index is -0.477. The molecule has 0 saturated carbocycles. The average Bonchev–Trinajstić information content (AvgIpc) is 2.38. The van der Waals surface area contributed by atoms with Crippen LogP contribution in [0.4, 0.5) is 11.4 Å². The molecule has 0 aliphatic rings. The summed E-state index contributed by atoms with van der Waals surface area (Å²) in [5.41, 5.74) is 12.3. The van der Waals surface area contributed by atoms with E-state index in [9.17, 15) is 4.79 Å². The Morgan fingerprint density at radius 3 is 2.84 bits per heavy atom. The van der Waals surface area contributed by atoms with E-state index in [1.54, 1.807) is 0 Å². The first-order chi connectivity index (χ1) is 9.15. The normalized spacial score (nSPS) is 10.2. The van der Waals surface area contributed by atoms with Gasteiger partial charge >= 0.3 is 0 Å². The summed E-state index contributed by atoms with van der Waals surface area (Å²) in [6, 6.07) is 5.57. The number of carbonyl (C=O) groups excluding carboxylic acids is 1. The van der Waals surface area contributed by atoms with Crippen molar-refractivity contribution in [2.45, 2.75) is 13.3 Å². The van der Waals surface area contributed by atoms with E-state index in [1.165, 1.54) is 0 Å². The summed E-state index contributed by atoms with van der Waals surface area (Å²) in [5.74, 6) is 0.194. The number of nitrogen functional groups attached to an aromatic ring is 1. The summed E-state index contributed by atoms with van der Waals surface area (Å²) in [4.78, 5) is 10.5. The Kier molecular flexibility index (Phi) is 6.52. The van der Waals surface area contributed by atoms with Crippen LogP contribution in [0, 0.1) is 0 Å². The highest BCUT2D eigenvalue weighted by Crippen LogP contribution is 2.29. The zero-order chi connectivity index (χ0) is 14.1. The number of benzene rings is 1. The molecule has 0 aromatic heterocycles. The van der Waals surface area contributed by atoms with Gasteiger partial charge in [0.25, 0.3) is 0 Å². The Morgan fingerprint density at radius 1 is 1.37 bits per heavy atom. The van der Waals surface area contributed by atoms with Gasteiger partial charge in [-0.2, -0.15) is 0 Å². The molecule has 0 heterocycles. The third-order valence-corrected chi connectivity index (χ3v) is 2.33. The number of primary amides is 1. The molecule has 1 aromatic carbocycles. The quantitative estimate of drug-likeness (QED) is 0.457. The second-order valence-electron chi connectivity index (χ2n) is 4.01. The largest absolute Gasteiger partial charge is 0.491 e. The smallest absolute Gasteiger partial charge is 0.243 e. The lowest BCUT2D eigenvalue weighted by Crippen LogP contribution is -2.20. The first-order valence-electron chi connectivity index (χ1n) is 6.26. The second kappa shape index (κ2) is 8.20. The minimum Gasteiger partial charge on any atom is -0.491 e. The monoisotopic (exact) mass is 267 g/mol. The van der Waals surface area contributed by atoms with Crippen LogP contribution in [0.3, 0.4) is 0 Å². The lowest BCUT2D eigenvalue weighted by molar-refractivity contribution is -0.122. The molecule has 0 aliphatic carbocycles.